The number of benzene rings is 1. The average molecular weight is 506 g/mol. The van der Waals surface area contributed by atoms with Crippen LogP contribution in [0.4, 0.5) is 8.78 Å². The molecule has 0 radical (unpaired) electrons. The van der Waals surface area contributed by atoms with Crippen LogP contribution >= 0.6 is 11.6 Å². The van der Waals surface area contributed by atoms with E-state index in [0.29, 0.717) is 22.3 Å². The van der Waals surface area contributed by atoms with E-state index >= 15 is 0 Å². The molecule has 2 heterocycles. The van der Waals surface area contributed by atoms with Gasteiger partial charge in [-0.25, -0.2) is 8.78 Å². The Kier molecular flexibility index (Phi) is 6.49. The summed E-state index contributed by atoms with van der Waals surface area (Å²) in [6, 6.07) is 6.34. The van der Waals surface area contributed by atoms with Gasteiger partial charge in [0, 0.05) is 29.2 Å². The Morgan fingerprint density at radius 1 is 1.26 bits per heavy atom. The lowest BCUT2D eigenvalue weighted by molar-refractivity contribution is -0.125. The van der Waals surface area contributed by atoms with E-state index in [1.54, 1.807) is 24.3 Å². The summed E-state index contributed by atoms with van der Waals surface area (Å²) < 4.78 is 27.2. The Labute approximate surface area is 205 Å². The number of para-hydroxylation sites is 1. The first kappa shape index (κ1) is 24.9. The number of alkyl halides is 2. The van der Waals surface area contributed by atoms with Crippen LogP contribution in [0.15, 0.2) is 24.3 Å². The number of nitrogens with one attached hydrogen (secondary N) is 4. The molecule has 186 valence electrons. The molecule has 1 aromatic heterocycles. The number of amides is 3. The number of hydrogen-bond donors (Lipinski definition) is 4. The molecule has 0 bridgehead atoms. The van der Waals surface area contributed by atoms with Gasteiger partial charge in [-0.3, -0.25) is 14.4 Å². The maximum absolute atomic E-state index is 13.6. The Morgan fingerprint density at radius 3 is 2.54 bits per heavy atom. The fourth-order valence-corrected chi connectivity index (χ4v) is 4.83. The highest BCUT2D eigenvalue weighted by Crippen LogP contribution is 2.51. The zero-order chi connectivity index (χ0) is 25.5. The van der Waals surface area contributed by atoms with Crippen LogP contribution in [-0.2, 0) is 9.59 Å². The van der Waals surface area contributed by atoms with Gasteiger partial charge in [0.05, 0.1) is 16.6 Å². The van der Waals surface area contributed by atoms with Crippen LogP contribution in [0.25, 0.3) is 10.9 Å². The molecule has 1 aromatic carbocycles. The molecule has 2 fully saturated rings. The highest BCUT2D eigenvalue weighted by molar-refractivity contribution is 6.35. The van der Waals surface area contributed by atoms with Crippen molar-refractivity contribution in [1.29, 1.82) is 5.26 Å². The molecule has 8 nitrogen and oxygen atoms in total. The van der Waals surface area contributed by atoms with Gasteiger partial charge in [-0.1, -0.05) is 23.7 Å². The molecule has 1 saturated heterocycles. The molecule has 11 heteroatoms. The van der Waals surface area contributed by atoms with Crippen LogP contribution in [0, 0.1) is 23.2 Å². The fraction of sp³-hybridized carbons (Fsp3) is 0.500. The molecule has 4 atom stereocenters. The highest BCUT2D eigenvalue weighted by Gasteiger charge is 2.57. The van der Waals surface area contributed by atoms with E-state index in [1.807, 2.05) is 19.9 Å². The van der Waals surface area contributed by atoms with Crippen molar-refractivity contribution in [3.63, 3.8) is 0 Å². The summed E-state index contributed by atoms with van der Waals surface area (Å²) in [5.74, 6) is -6.01. The minimum atomic E-state index is -2.89. The van der Waals surface area contributed by atoms with Crippen LogP contribution < -0.4 is 16.0 Å². The molecule has 4 unspecified atom stereocenters. The quantitative estimate of drug-likeness (QED) is 0.439. The third kappa shape index (κ3) is 5.56. The van der Waals surface area contributed by atoms with Crippen molar-refractivity contribution in [2.75, 3.05) is 0 Å². The van der Waals surface area contributed by atoms with Gasteiger partial charge < -0.3 is 20.9 Å². The second kappa shape index (κ2) is 9.11. The molecule has 35 heavy (non-hydrogen) atoms. The molecule has 4 N–H and O–H groups in total. The molecule has 2 aromatic rings. The largest absolute Gasteiger partial charge is 0.351 e. The molecule has 1 saturated carbocycles. The van der Waals surface area contributed by atoms with Gasteiger partial charge in [0.15, 0.2) is 0 Å². The maximum atomic E-state index is 13.6. The maximum Gasteiger partial charge on any atom is 0.268 e. The van der Waals surface area contributed by atoms with Crippen LogP contribution in [0.3, 0.4) is 0 Å². The number of rotatable bonds is 8. The Balaban J connectivity index is 1.46. The van der Waals surface area contributed by atoms with Crippen LogP contribution in [-0.4, -0.2) is 46.3 Å². The third-order valence-electron chi connectivity index (χ3n) is 6.53. The van der Waals surface area contributed by atoms with Gasteiger partial charge in [-0.05, 0) is 45.2 Å². The summed E-state index contributed by atoms with van der Waals surface area (Å²) in [6.45, 7) is 3.73. The average Bonchev–Trinajstić information content (AvgIpc) is 3.09. The Bertz CT molecular complexity index is 1220. The van der Waals surface area contributed by atoms with Crippen molar-refractivity contribution >= 4 is 40.2 Å². The van der Waals surface area contributed by atoms with Gasteiger partial charge in [-0.2, -0.15) is 5.26 Å². The number of aromatic nitrogens is 1. The lowest BCUT2D eigenvalue weighted by Gasteiger charge is -2.21. The summed E-state index contributed by atoms with van der Waals surface area (Å²) in [4.78, 5) is 41.0. The number of hydrogen-bond acceptors (Lipinski definition) is 4. The minimum absolute atomic E-state index is 0.0816. The summed E-state index contributed by atoms with van der Waals surface area (Å²) in [5.41, 5.74) is 0.244. The van der Waals surface area contributed by atoms with Crippen molar-refractivity contribution in [2.45, 2.75) is 63.1 Å². The Hall–Kier alpha value is -3.19. The SMILES string of the molecule is CC1(C)CC(CC(C#N)NC(=O)C(CC2CC2(F)F)NC(=O)c2cc3cccc(Cl)c3[nH]2)C(=O)N1. The molecule has 2 aliphatic rings. The fourth-order valence-electron chi connectivity index (χ4n) is 4.61. The first-order chi connectivity index (χ1) is 16.4. The lowest BCUT2D eigenvalue weighted by atomic mass is 9.92. The van der Waals surface area contributed by atoms with Crippen molar-refractivity contribution in [3.8, 4) is 6.07 Å². The number of carbonyl (C=O) groups excluding carboxylic acids is 3. The zero-order valence-electron chi connectivity index (χ0n) is 19.3. The van der Waals surface area contributed by atoms with E-state index in [-0.39, 0.29) is 30.9 Å². The van der Waals surface area contributed by atoms with E-state index in [4.69, 9.17) is 11.6 Å². The van der Waals surface area contributed by atoms with Crippen molar-refractivity contribution in [1.82, 2.24) is 20.9 Å². The zero-order valence-corrected chi connectivity index (χ0v) is 20.0. The molecule has 1 aliphatic heterocycles. The number of fused-ring (bicyclic) bond motifs is 1. The van der Waals surface area contributed by atoms with Crippen LogP contribution in [0.1, 0.15) is 50.0 Å². The van der Waals surface area contributed by atoms with Crippen molar-refractivity contribution in [2.24, 2.45) is 11.8 Å². The number of nitrogens with zero attached hydrogens (tertiary/aromatic N) is 1. The van der Waals surface area contributed by atoms with E-state index < -0.39 is 47.2 Å². The first-order valence-corrected chi connectivity index (χ1v) is 11.7. The summed E-state index contributed by atoms with van der Waals surface area (Å²) in [6.07, 6.45) is -0.0656. The first-order valence-electron chi connectivity index (χ1n) is 11.4. The summed E-state index contributed by atoms with van der Waals surface area (Å²) >= 11 is 6.14. The van der Waals surface area contributed by atoms with Gasteiger partial charge in [0.2, 0.25) is 11.8 Å². The second-order valence-electron chi connectivity index (χ2n) is 10.0. The van der Waals surface area contributed by atoms with E-state index in [0.717, 1.165) is 0 Å². The van der Waals surface area contributed by atoms with Gasteiger partial charge in [0.25, 0.3) is 11.8 Å². The van der Waals surface area contributed by atoms with Crippen molar-refractivity contribution in [3.05, 3.63) is 35.0 Å². The van der Waals surface area contributed by atoms with Gasteiger partial charge in [0.1, 0.15) is 17.8 Å². The monoisotopic (exact) mass is 505 g/mol. The van der Waals surface area contributed by atoms with Gasteiger partial charge in [-0.15, -0.1) is 0 Å². The smallest absolute Gasteiger partial charge is 0.268 e. The normalized spacial score (nSPS) is 23.7. The molecular weight excluding hydrogens is 480 g/mol. The van der Waals surface area contributed by atoms with Crippen LogP contribution in [0.5, 0.6) is 0 Å². The summed E-state index contributed by atoms with van der Waals surface area (Å²) in [7, 11) is 0. The van der Waals surface area contributed by atoms with Gasteiger partial charge >= 0.3 is 0 Å². The minimum Gasteiger partial charge on any atom is -0.351 e. The van der Waals surface area contributed by atoms with E-state index in [9.17, 15) is 28.4 Å². The predicted molar refractivity (Wildman–Crippen MR) is 125 cm³/mol. The second-order valence-corrected chi connectivity index (χ2v) is 10.4. The third-order valence-corrected chi connectivity index (χ3v) is 6.84. The van der Waals surface area contributed by atoms with E-state index in [1.165, 1.54) is 0 Å². The molecule has 4 rings (SSSR count). The van der Waals surface area contributed by atoms with Crippen LogP contribution in [0.2, 0.25) is 5.02 Å². The number of H-pyrrole nitrogens is 1. The number of carbonyl (C=O) groups is 3. The van der Waals surface area contributed by atoms with E-state index in [2.05, 4.69) is 20.9 Å². The molecule has 1 aliphatic carbocycles. The summed E-state index contributed by atoms with van der Waals surface area (Å²) in [5, 5.41) is 18.5. The number of nitriles is 1. The predicted octanol–water partition coefficient (Wildman–Crippen LogP) is 3.28. The molecule has 0 spiro atoms. The number of aromatic amines is 1. The molecular formula is C24H26ClF2N5O3. The topological polar surface area (TPSA) is 127 Å². The lowest BCUT2D eigenvalue weighted by Crippen LogP contribution is -2.50. The Morgan fingerprint density at radius 2 is 1.97 bits per heavy atom. The molecule has 3 amide bonds. The number of halogens is 3. The standard InChI is InChI=1S/C24H26ClF2N5O3/c1-23(2)9-13(20(33)32-23)6-15(11-28)29-21(34)18(8-14-10-24(14,26)27)31-22(35)17-7-12-4-3-5-16(25)19(12)30-17/h3-5,7,13-15,18,30H,6,8-10H2,1-2H3,(H,29,34)(H,31,35)(H,32,33). The highest BCUT2D eigenvalue weighted by atomic mass is 35.5. The van der Waals surface area contributed by atoms with Crippen molar-refractivity contribution < 1.29 is 23.2 Å².